The van der Waals surface area contributed by atoms with Gasteiger partial charge in [-0.1, -0.05) is 0 Å². The van der Waals surface area contributed by atoms with Crippen LogP contribution in [0.1, 0.15) is 15.9 Å². The van der Waals surface area contributed by atoms with Gasteiger partial charge in [-0.05, 0) is 96.6 Å². The van der Waals surface area contributed by atoms with Crippen molar-refractivity contribution < 1.29 is 37.4 Å². The molecule has 0 unspecified atom stereocenters. The number of benzene rings is 4. The van der Waals surface area contributed by atoms with E-state index < -0.39 is 35.5 Å². The molecular formula is C38H30F2N4O6. The number of halogens is 2. The summed E-state index contributed by atoms with van der Waals surface area (Å²) in [5.74, 6) is -1.97. The molecule has 0 aliphatic rings. The fourth-order valence-electron chi connectivity index (χ4n) is 5.38. The van der Waals surface area contributed by atoms with Gasteiger partial charge in [-0.2, -0.15) is 0 Å². The van der Waals surface area contributed by atoms with Crippen molar-refractivity contribution in [2.45, 2.75) is 12.5 Å². The van der Waals surface area contributed by atoms with Crippen molar-refractivity contribution in [1.82, 2.24) is 20.3 Å². The first kappa shape index (κ1) is 33.5. The van der Waals surface area contributed by atoms with Crippen molar-refractivity contribution in [2.75, 3.05) is 20.8 Å². The maximum Gasteiger partial charge on any atom is 0.330 e. The first-order valence-corrected chi connectivity index (χ1v) is 15.4. The van der Waals surface area contributed by atoms with E-state index in [2.05, 4.69) is 15.0 Å². The molecule has 0 spiro atoms. The number of aromatic amines is 1. The Morgan fingerprint density at radius 2 is 1.48 bits per heavy atom. The standard InChI is InChI=1S/C38H30F2N4O6/c1-48-34(45)4-3-17-50-28-14-16-30-29(20-28)25(21-41-30)19-33(38(47)49-2)44-37(46)24-9-15-31-32(18-24)43-36(23-7-12-27(40)13-8-23)35(42-31)22-5-10-26(39)11-6-22/h3-16,18,20-21,33,41H,17,19H2,1-2H3,(H,44,46)/b4-3+/t33-/m0/s1. The number of nitrogens with zero attached hydrogens (tertiary/aromatic N) is 2. The van der Waals surface area contributed by atoms with Gasteiger partial charge >= 0.3 is 11.9 Å². The molecular weight excluding hydrogens is 646 g/mol. The third kappa shape index (κ3) is 7.49. The Balaban J connectivity index is 1.27. The van der Waals surface area contributed by atoms with Crippen LogP contribution < -0.4 is 10.1 Å². The molecule has 0 aliphatic heterocycles. The van der Waals surface area contributed by atoms with Crippen LogP contribution in [0.25, 0.3) is 44.5 Å². The predicted octanol–water partition coefficient (Wildman–Crippen LogP) is 6.35. The van der Waals surface area contributed by atoms with Crippen LogP contribution in [0.3, 0.4) is 0 Å². The lowest BCUT2D eigenvalue weighted by Crippen LogP contribution is -2.43. The molecule has 0 radical (unpaired) electrons. The van der Waals surface area contributed by atoms with Gasteiger partial charge in [-0.25, -0.2) is 28.3 Å². The normalized spacial score (nSPS) is 11.8. The molecule has 0 bridgehead atoms. The van der Waals surface area contributed by atoms with Crippen LogP contribution >= 0.6 is 0 Å². The third-order valence-electron chi connectivity index (χ3n) is 7.92. The second-order valence-electron chi connectivity index (χ2n) is 11.1. The van der Waals surface area contributed by atoms with Crippen LogP contribution in [-0.4, -0.2) is 59.7 Å². The molecule has 12 heteroatoms. The molecule has 2 heterocycles. The number of nitrogens with one attached hydrogen (secondary N) is 2. The summed E-state index contributed by atoms with van der Waals surface area (Å²) in [6.45, 7) is 0.135. The Kier molecular flexibility index (Phi) is 9.89. The molecule has 0 fully saturated rings. The molecule has 10 nitrogen and oxygen atoms in total. The zero-order valence-corrected chi connectivity index (χ0v) is 26.9. The summed E-state index contributed by atoms with van der Waals surface area (Å²) in [5.41, 5.74) is 4.63. The smallest absolute Gasteiger partial charge is 0.330 e. The first-order valence-electron chi connectivity index (χ1n) is 15.4. The number of esters is 2. The molecule has 50 heavy (non-hydrogen) atoms. The Labute approximate surface area is 284 Å². The highest BCUT2D eigenvalue weighted by atomic mass is 19.1. The lowest BCUT2D eigenvalue weighted by Gasteiger charge is -2.17. The van der Waals surface area contributed by atoms with Crippen LogP contribution in [0.4, 0.5) is 8.78 Å². The summed E-state index contributed by atoms with van der Waals surface area (Å²) in [5, 5.41) is 3.55. The van der Waals surface area contributed by atoms with Crippen molar-refractivity contribution in [1.29, 1.82) is 0 Å². The average molecular weight is 677 g/mol. The minimum Gasteiger partial charge on any atom is -0.490 e. The van der Waals surface area contributed by atoms with Gasteiger partial charge in [0.25, 0.3) is 5.91 Å². The van der Waals surface area contributed by atoms with E-state index in [4.69, 9.17) is 19.4 Å². The number of hydrogen-bond acceptors (Lipinski definition) is 8. The SMILES string of the molecule is COC(=O)/C=C/COc1ccc2[nH]cc(C[C@H](NC(=O)c3ccc4nc(-c5ccc(F)cc5)c(-c5ccc(F)cc5)nc4c3)C(=O)OC)c2c1. The number of fused-ring (bicyclic) bond motifs is 2. The van der Waals surface area contributed by atoms with E-state index in [1.54, 1.807) is 60.8 Å². The third-order valence-corrected chi connectivity index (χ3v) is 7.92. The van der Waals surface area contributed by atoms with Gasteiger partial charge < -0.3 is 24.5 Å². The molecule has 6 aromatic rings. The van der Waals surface area contributed by atoms with Crippen molar-refractivity contribution >= 4 is 39.8 Å². The number of ether oxygens (including phenoxy) is 3. The number of hydrogen-bond donors (Lipinski definition) is 2. The van der Waals surface area contributed by atoms with Gasteiger partial charge in [0.15, 0.2) is 0 Å². The number of amides is 1. The van der Waals surface area contributed by atoms with Gasteiger partial charge in [-0.15, -0.1) is 0 Å². The second kappa shape index (κ2) is 14.8. The highest BCUT2D eigenvalue weighted by Gasteiger charge is 2.25. The summed E-state index contributed by atoms with van der Waals surface area (Å²) in [4.78, 5) is 50.5. The molecule has 0 saturated heterocycles. The van der Waals surface area contributed by atoms with E-state index in [9.17, 15) is 23.2 Å². The van der Waals surface area contributed by atoms with Gasteiger partial charge in [0, 0.05) is 46.3 Å². The fraction of sp³-hybridized carbons (Fsp3) is 0.132. The number of carbonyl (C=O) groups excluding carboxylic acids is 3. The molecule has 1 atom stereocenters. The minimum absolute atomic E-state index is 0.104. The summed E-state index contributed by atoms with van der Waals surface area (Å²) in [6, 6.07) is 20.6. The maximum atomic E-state index is 13.8. The fourth-order valence-corrected chi connectivity index (χ4v) is 5.38. The lowest BCUT2D eigenvalue weighted by molar-refractivity contribution is -0.142. The maximum absolute atomic E-state index is 13.8. The van der Waals surface area contributed by atoms with Crippen LogP contribution in [0.15, 0.2) is 103 Å². The monoisotopic (exact) mass is 676 g/mol. The largest absolute Gasteiger partial charge is 0.490 e. The molecule has 252 valence electrons. The van der Waals surface area contributed by atoms with E-state index in [1.165, 1.54) is 50.6 Å². The summed E-state index contributed by atoms with van der Waals surface area (Å²) >= 11 is 0. The van der Waals surface area contributed by atoms with Crippen LogP contribution in [0, 0.1) is 11.6 Å². The van der Waals surface area contributed by atoms with Crippen molar-refractivity contribution in [3.63, 3.8) is 0 Å². The van der Waals surface area contributed by atoms with E-state index in [-0.39, 0.29) is 18.6 Å². The Hall–Kier alpha value is -6.43. The predicted molar refractivity (Wildman–Crippen MR) is 182 cm³/mol. The van der Waals surface area contributed by atoms with E-state index in [1.807, 2.05) is 6.07 Å². The number of rotatable bonds is 11. The molecule has 6 rings (SSSR count). The Morgan fingerprint density at radius 3 is 2.12 bits per heavy atom. The van der Waals surface area contributed by atoms with E-state index in [0.717, 1.165) is 16.5 Å². The molecule has 2 aromatic heterocycles. The average Bonchev–Trinajstić information content (AvgIpc) is 3.54. The van der Waals surface area contributed by atoms with Crippen molar-refractivity contribution in [3.8, 4) is 28.3 Å². The van der Waals surface area contributed by atoms with E-state index in [0.29, 0.717) is 39.3 Å². The van der Waals surface area contributed by atoms with E-state index >= 15 is 0 Å². The quantitative estimate of drug-likeness (QED) is 0.120. The summed E-state index contributed by atoms with van der Waals surface area (Å²) in [7, 11) is 2.53. The zero-order chi connectivity index (χ0) is 35.2. The van der Waals surface area contributed by atoms with Crippen molar-refractivity contribution in [3.05, 3.63) is 126 Å². The van der Waals surface area contributed by atoms with Gasteiger partial charge in [0.05, 0.1) is 36.6 Å². The molecule has 0 saturated carbocycles. The van der Waals surface area contributed by atoms with Crippen LogP contribution in [-0.2, 0) is 25.5 Å². The van der Waals surface area contributed by atoms with Crippen molar-refractivity contribution in [2.24, 2.45) is 0 Å². The highest BCUT2D eigenvalue weighted by Crippen LogP contribution is 2.32. The first-order chi connectivity index (χ1) is 24.2. The lowest BCUT2D eigenvalue weighted by atomic mass is 10.0. The molecule has 2 N–H and O–H groups in total. The minimum atomic E-state index is -1.04. The number of H-pyrrole nitrogens is 1. The second-order valence-corrected chi connectivity index (χ2v) is 11.1. The number of carbonyl (C=O) groups is 3. The highest BCUT2D eigenvalue weighted by molar-refractivity contribution is 6.00. The molecule has 1 amide bonds. The summed E-state index contributed by atoms with van der Waals surface area (Å²) < 4.78 is 42.8. The van der Waals surface area contributed by atoms with Crippen LogP contribution in [0.5, 0.6) is 5.75 Å². The zero-order valence-electron chi connectivity index (χ0n) is 26.9. The van der Waals surface area contributed by atoms with Gasteiger partial charge in [0.2, 0.25) is 0 Å². The molecule has 0 aliphatic carbocycles. The number of methoxy groups -OCH3 is 2. The topological polar surface area (TPSA) is 132 Å². The van der Waals surface area contributed by atoms with Gasteiger partial charge in [0.1, 0.15) is 30.0 Å². The molecule has 4 aromatic carbocycles. The Morgan fingerprint density at radius 1 is 0.820 bits per heavy atom. The number of aromatic nitrogens is 3. The van der Waals surface area contributed by atoms with Crippen LogP contribution in [0.2, 0.25) is 0 Å². The van der Waals surface area contributed by atoms with Gasteiger partial charge in [-0.3, -0.25) is 4.79 Å². The Bertz CT molecular complexity index is 2230. The summed E-state index contributed by atoms with van der Waals surface area (Å²) in [6.07, 6.45) is 4.65.